The molecule has 0 spiro atoms. The van der Waals surface area contributed by atoms with Crippen molar-refractivity contribution in [2.45, 2.75) is 33.1 Å². The highest BCUT2D eigenvalue weighted by molar-refractivity contribution is 7.17. The Balaban J connectivity index is 2.25. The topological polar surface area (TPSA) is 33.2 Å². The first-order chi connectivity index (χ1) is 7.61. The van der Waals surface area contributed by atoms with Crippen LogP contribution in [0, 0.1) is 5.92 Å². The van der Waals surface area contributed by atoms with E-state index in [1.54, 1.807) is 0 Å². The number of carbonyl (C=O) groups excluding carboxylic acids is 1. The van der Waals surface area contributed by atoms with Crippen LogP contribution in [-0.4, -0.2) is 24.4 Å². The van der Waals surface area contributed by atoms with Crippen LogP contribution in [0.3, 0.4) is 0 Å². The van der Waals surface area contributed by atoms with Gasteiger partial charge in [-0.3, -0.25) is 4.79 Å². The standard InChI is InChI=1S/C12H18N2OS/c1-8(2)11-10(7-15)16-12(13-11)14-5-4-9(3)6-14/h7-9H,4-6H2,1-3H3. The maximum absolute atomic E-state index is 11.0. The molecule has 0 N–H and O–H groups in total. The molecule has 0 aromatic carbocycles. The normalized spacial score (nSPS) is 20.8. The molecule has 1 fully saturated rings. The third kappa shape index (κ3) is 2.12. The number of thiazole rings is 1. The lowest BCUT2D eigenvalue weighted by atomic mass is 10.1. The Hall–Kier alpha value is -0.900. The molecular formula is C12H18N2OS. The van der Waals surface area contributed by atoms with E-state index in [1.165, 1.54) is 17.8 Å². The molecule has 1 aromatic heterocycles. The fourth-order valence-corrected chi connectivity index (χ4v) is 3.14. The average molecular weight is 238 g/mol. The number of aromatic nitrogens is 1. The molecule has 0 aliphatic carbocycles. The second-order valence-electron chi connectivity index (χ2n) is 4.86. The van der Waals surface area contributed by atoms with Gasteiger partial charge in [0.25, 0.3) is 0 Å². The van der Waals surface area contributed by atoms with Gasteiger partial charge in [-0.25, -0.2) is 4.98 Å². The summed E-state index contributed by atoms with van der Waals surface area (Å²) < 4.78 is 0. The van der Waals surface area contributed by atoms with E-state index in [0.29, 0.717) is 5.92 Å². The molecule has 3 nitrogen and oxygen atoms in total. The van der Waals surface area contributed by atoms with Gasteiger partial charge in [0.2, 0.25) is 0 Å². The molecule has 88 valence electrons. The van der Waals surface area contributed by atoms with Gasteiger partial charge in [-0.1, -0.05) is 32.1 Å². The molecule has 0 bridgehead atoms. The molecule has 16 heavy (non-hydrogen) atoms. The number of aldehydes is 1. The second-order valence-corrected chi connectivity index (χ2v) is 5.87. The van der Waals surface area contributed by atoms with Crippen LogP contribution in [0.25, 0.3) is 0 Å². The van der Waals surface area contributed by atoms with Gasteiger partial charge < -0.3 is 4.90 Å². The number of rotatable bonds is 3. The molecule has 1 unspecified atom stereocenters. The van der Waals surface area contributed by atoms with Gasteiger partial charge >= 0.3 is 0 Å². The van der Waals surface area contributed by atoms with Crippen LogP contribution in [0.1, 0.15) is 48.5 Å². The largest absolute Gasteiger partial charge is 0.348 e. The summed E-state index contributed by atoms with van der Waals surface area (Å²) in [4.78, 5) is 18.7. The van der Waals surface area contributed by atoms with Gasteiger partial charge in [0, 0.05) is 13.1 Å². The average Bonchev–Trinajstić information content (AvgIpc) is 2.82. The Morgan fingerprint density at radius 2 is 2.31 bits per heavy atom. The Morgan fingerprint density at radius 1 is 1.56 bits per heavy atom. The fraction of sp³-hybridized carbons (Fsp3) is 0.667. The van der Waals surface area contributed by atoms with Crippen molar-refractivity contribution in [2.24, 2.45) is 5.92 Å². The summed E-state index contributed by atoms with van der Waals surface area (Å²) >= 11 is 1.53. The summed E-state index contributed by atoms with van der Waals surface area (Å²) in [6.07, 6.45) is 2.17. The van der Waals surface area contributed by atoms with Crippen LogP contribution in [0.5, 0.6) is 0 Å². The van der Waals surface area contributed by atoms with Crippen molar-refractivity contribution in [1.82, 2.24) is 4.98 Å². The maximum Gasteiger partial charge on any atom is 0.186 e. The van der Waals surface area contributed by atoms with Crippen molar-refractivity contribution in [1.29, 1.82) is 0 Å². The lowest BCUT2D eigenvalue weighted by Gasteiger charge is -2.13. The fourth-order valence-electron chi connectivity index (χ4n) is 2.07. The molecule has 0 amide bonds. The molecule has 4 heteroatoms. The number of hydrogen-bond donors (Lipinski definition) is 0. The molecule has 1 aromatic rings. The van der Waals surface area contributed by atoms with Gasteiger partial charge in [-0.2, -0.15) is 0 Å². The van der Waals surface area contributed by atoms with E-state index in [9.17, 15) is 4.79 Å². The van der Waals surface area contributed by atoms with Gasteiger partial charge in [0.05, 0.1) is 10.6 Å². The SMILES string of the molecule is CC1CCN(c2nc(C(C)C)c(C=O)s2)C1. The van der Waals surface area contributed by atoms with Crippen LogP contribution >= 0.6 is 11.3 Å². The molecule has 1 atom stereocenters. The van der Waals surface area contributed by atoms with Crippen molar-refractivity contribution in [3.8, 4) is 0 Å². The zero-order chi connectivity index (χ0) is 11.7. The van der Waals surface area contributed by atoms with Gasteiger partial charge in [0.1, 0.15) is 0 Å². The number of nitrogens with zero attached hydrogens (tertiary/aromatic N) is 2. The Labute approximate surface area is 100 Å². The van der Waals surface area contributed by atoms with Gasteiger partial charge in [-0.05, 0) is 18.3 Å². The van der Waals surface area contributed by atoms with Crippen molar-refractivity contribution < 1.29 is 4.79 Å². The molecule has 0 saturated carbocycles. The van der Waals surface area contributed by atoms with E-state index in [-0.39, 0.29) is 0 Å². The monoisotopic (exact) mass is 238 g/mol. The summed E-state index contributed by atoms with van der Waals surface area (Å²) in [5.41, 5.74) is 0.953. The van der Waals surface area contributed by atoms with Crippen molar-refractivity contribution in [3.63, 3.8) is 0 Å². The highest BCUT2D eigenvalue weighted by Crippen LogP contribution is 2.32. The van der Waals surface area contributed by atoms with Crippen LogP contribution in [0.2, 0.25) is 0 Å². The molecule has 1 aliphatic rings. The van der Waals surface area contributed by atoms with E-state index in [4.69, 9.17) is 0 Å². The van der Waals surface area contributed by atoms with E-state index in [2.05, 4.69) is 30.7 Å². The lowest BCUT2D eigenvalue weighted by Crippen LogP contribution is -2.18. The van der Waals surface area contributed by atoms with Crippen molar-refractivity contribution in [3.05, 3.63) is 10.6 Å². The quantitative estimate of drug-likeness (QED) is 0.759. The molecule has 0 radical (unpaired) electrons. The molecule has 2 rings (SSSR count). The Morgan fingerprint density at radius 3 is 2.75 bits per heavy atom. The molecule has 2 heterocycles. The van der Waals surface area contributed by atoms with Crippen LogP contribution < -0.4 is 4.90 Å². The highest BCUT2D eigenvalue weighted by atomic mass is 32.1. The minimum Gasteiger partial charge on any atom is -0.348 e. The highest BCUT2D eigenvalue weighted by Gasteiger charge is 2.23. The summed E-state index contributed by atoms with van der Waals surface area (Å²) in [5.74, 6) is 1.07. The molecule has 1 aliphatic heterocycles. The third-order valence-corrected chi connectivity index (χ3v) is 4.08. The first-order valence-corrected chi connectivity index (χ1v) is 6.64. The minimum atomic E-state index is 0.324. The van der Waals surface area contributed by atoms with Gasteiger partial charge in [0.15, 0.2) is 11.4 Å². The van der Waals surface area contributed by atoms with Crippen LogP contribution in [-0.2, 0) is 0 Å². The second kappa shape index (κ2) is 4.53. The number of anilines is 1. The zero-order valence-electron chi connectivity index (χ0n) is 10.1. The summed E-state index contributed by atoms with van der Waals surface area (Å²) in [5, 5.41) is 1.02. The number of hydrogen-bond acceptors (Lipinski definition) is 4. The third-order valence-electron chi connectivity index (χ3n) is 3.02. The van der Waals surface area contributed by atoms with Crippen LogP contribution in [0.4, 0.5) is 5.13 Å². The minimum absolute atomic E-state index is 0.324. The van der Waals surface area contributed by atoms with E-state index in [0.717, 1.165) is 41.0 Å². The summed E-state index contributed by atoms with van der Waals surface area (Å²) in [6, 6.07) is 0. The molecule has 1 saturated heterocycles. The predicted octanol–water partition coefficient (Wildman–Crippen LogP) is 2.93. The van der Waals surface area contributed by atoms with Crippen molar-refractivity contribution >= 4 is 22.8 Å². The van der Waals surface area contributed by atoms with Gasteiger partial charge in [-0.15, -0.1) is 0 Å². The Kier molecular flexibility index (Phi) is 3.28. The first-order valence-electron chi connectivity index (χ1n) is 5.82. The summed E-state index contributed by atoms with van der Waals surface area (Å²) in [7, 11) is 0. The summed E-state index contributed by atoms with van der Waals surface area (Å²) in [6.45, 7) is 8.57. The zero-order valence-corrected chi connectivity index (χ0v) is 10.9. The van der Waals surface area contributed by atoms with E-state index in [1.807, 2.05) is 0 Å². The number of carbonyl (C=O) groups is 1. The lowest BCUT2D eigenvalue weighted by molar-refractivity contribution is 0.112. The Bertz CT molecular complexity index is 386. The smallest absolute Gasteiger partial charge is 0.186 e. The predicted molar refractivity (Wildman–Crippen MR) is 67.6 cm³/mol. The van der Waals surface area contributed by atoms with E-state index >= 15 is 0 Å². The van der Waals surface area contributed by atoms with E-state index < -0.39 is 0 Å². The molecular weight excluding hydrogens is 220 g/mol. The first kappa shape index (κ1) is 11.6. The van der Waals surface area contributed by atoms with Crippen LogP contribution in [0.15, 0.2) is 0 Å². The maximum atomic E-state index is 11.0. The van der Waals surface area contributed by atoms with Crippen molar-refractivity contribution in [2.75, 3.05) is 18.0 Å².